The highest BCUT2D eigenvalue weighted by Gasteiger charge is 2.11. The maximum absolute atomic E-state index is 12.9. The molecule has 6 heteroatoms. The first-order valence-electron chi connectivity index (χ1n) is 8.36. The van der Waals surface area contributed by atoms with Gasteiger partial charge in [0.1, 0.15) is 11.6 Å². The summed E-state index contributed by atoms with van der Waals surface area (Å²) in [7, 11) is 0. The number of imidazole rings is 1. The van der Waals surface area contributed by atoms with E-state index < -0.39 is 0 Å². The van der Waals surface area contributed by atoms with E-state index in [2.05, 4.69) is 32.4 Å². The fraction of sp³-hybridized carbons (Fsp3) is 0.200. The molecule has 0 spiro atoms. The summed E-state index contributed by atoms with van der Waals surface area (Å²) < 4.78 is 15.9. The number of para-hydroxylation sites is 2. The van der Waals surface area contributed by atoms with Gasteiger partial charge < -0.3 is 9.88 Å². The van der Waals surface area contributed by atoms with Crippen molar-refractivity contribution in [2.45, 2.75) is 19.4 Å². The molecule has 0 fully saturated rings. The van der Waals surface area contributed by atoms with Crippen LogP contribution in [0.5, 0.6) is 0 Å². The van der Waals surface area contributed by atoms with Gasteiger partial charge in [-0.15, -0.1) is 0 Å². The van der Waals surface area contributed by atoms with Gasteiger partial charge in [0.05, 0.1) is 17.6 Å². The number of aryl methyl sites for hydroxylation is 1. The molecule has 3 aromatic rings. The summed E-state index contributed by atoms with van der Waals surface area (Å²) in [5.74, 6) is 0.406. The molecule has 0 aliphatic rings. The lowest BCUT2D eigenvalue weighted by Gasteiger charge is -2.09. The van der Waals surface area contributed by atoms with E-state index >= 15 is 0 Å². The average molecular weight is 416 g/mol. The topological polar surface area (TPSA) is 46.9 Å². The summed E-state index contributed by atoms with van der Waals surface area (Å²) in [5.41, 5.74) is 2.47. The van der Waals surface area contributed by atoms with Crippen LogP contribution in [0.1, 0.15) is 22.6 Å². The lowest BCUT2D eigenvalue weighted by molar-refractivity contribution is 0.0953. The molecule has 2 aromatic carbocycles. The summed E-state index contributed by atoms with van der Waals surface area (Å²) in [6.45, 7) is 5.09. The van der Waals surface area contributed by atoms with E-state index in [1.165, 1.54) is 24.3 Å². The van der Waals surface area contributed by atoms with E-state index in [9.17, 15) is 9.18 Å². The summed E-state index contributed by atoms with van der Waals surface area (Å²) in [6, 6.07) is 13.5. The van der Waals surface area contributed by atoms with Crippen molar-refractivity contribution in [3.8, 4) is 0 Å². The molecule has 0 aliphatic heterocycles. The van der Waals surface area contributed by atoms with Crippen LogP contribution in [0.4, 0.5) is 4.39 Å². The van der Waals surface area contributed by atoms with Gasteiger partial charge >= 0.3 is 0 Å². The van der Waals surface area contributed by atoms with Crippen molar-refractivity contribution in [3.63, 3.8) is 0 Å². The third-order valence-electron chi connectivity index (χ3n) is 4.03. The smallest absolute Gasteiger partial charge is 0.251 e. The molecule has 4 nitrogen and oxygen atoms in total. The Morgan fingerprint density at radius 2 is 1.92 bits per heavy atom. The SMILES string of the molecule is C=C(Br)Cn1c(CCCNC(=O)c2ccc(F)cc2)nc2ccccc21. The summed E-state index contributed by atoms with van der Waals surface area (Å²) >= 11 is 3.42. The second kappa shape index (κ2) is 8.27. The van der Waals surface area contributed by atoms with Crippen molar-refractivity contribution in [2.24, 2.45) is 0 Å². The Balaban J connectivity index is 1.61. The molecule has 0 radical (unpaired) electrons. The van der Waals surface area contributed by atoms with E-state index in [-0.39, 0.29) is 11.7 Å². The summed E-state index contributed by atoms with van der Waals surface area (Å²) in [5, 5.41) is 2.86. The molecule has 1 aromatic heterocycles. The number of amides is 1. The number of aromatic nitrogens is 2. The number of carbonyl (C=O) groups is 1. The van der Waals surface area contributed by atoms with Crippen LogP contribution in [0.15, 0.2) is 59.6 Å². The predicted molar refractivity (Wildman–Crippen MR) is 105 cm³/mol. The molecule has 0 saturated carbocycles. The standard InChI is InChI=1S/C20H19BrFN3O/c1-14(21)13-25-18-6-3-2-5-17(18)24-19(25)7-4-12-23-20(26)15-8-10-16(22)11-9-15/h2-3,5-6,8-11H,1,4,7,12-13H2,(H,23,26). The molecule has 1 heterocycles. The largest absolute Gasteiger partial charge is 0.352 e. The van der Waals surface area contributed by atoms with Gasteiger partial charge in [0.15, 0.2) is 0 Å². The Kier molecular flexibility index (Phi) is 5.83. The first kappa shape index (κ1) is 18.3. The molecule has 3 rings (SSSR count). The minimum atomic E-state index is -0.353. The number of allylic oxidation sites excluding steroid dienone is 1. The first-order chi connectivity index (χ1) is 12.5. The Morgan fingerprint density at radius 3 is 2.65 bits per heavy atom. The number of benzene rings is 2. The maximum atomic E-state index is 12.9. The van der Waals surface area contributed by atoms with Gasteiger partial charge in [-0.05, 0) is 42.8 Å². The number of halogens is 2. The van der Waals surface area contributed by atoms with Crippen molar-refractivity contribution in [1.82, 2.24) is 14.9 Å². The number of rotatable bonds is 7. The van der Waals surface area contributed by atoms with Crippen LogP contribution in [0, 0.1) is 5.82 Å². The number of nitrogens with one attached hydrogen (secondary N) is 1. The van der Waals surface area contributed by atoms with Crippen LogP contribution in [0.2, 0.25) is 0 Å². The maximum Gasteiger partial charge on any atom is 0.251 e. The van der Waals surface area contributed by atoms with Gasteiger partial charge in [-0.1, -0.05) is 34.6 Å². The Labute approximate surface area is 159 Å². The van der Waals surface area contributed by atoms with Gasteiger partial charge in [0.2, 0.25) is 0 Å². The van der Waals surface area contributed by atoms with Crippen molar-refractivity contribution >= 4 is 32.9 Å². The van der Waals surface area contributed by atoms with Crippen LogP contribution in [0.3, 0.4) is 0 Å². The zero-order chi connectivity index (χ0) is 18.5. The molecule has 0 saturated heterocycles. The molecule has 1 amide bonds. The van der Waals surface area contributed by atoms with E-state index in [1.807, 2.05) is 24.3 Å². The van der Waals surface area contributed by atoms with Crippen LogP contribution in [-0.2, 0) is 13.0 Å². The molecule has 0 atom stereocenters. The zero-order valence-corrected chi connectivity index (χ0v) is 15.8. The molecule has 0 bridgehead atoms. The van der Waals surface area contributed by atoms with Crippen molar-refractivity contribution in [1.29, 1.82) is 0 Å². The second-order valence-electron chi connectivity index (χ2n) is 5.99. The fourth-order valence-corrected chi connectivity index (χ4v) is 3.07. The van der Waals surface area contributed by atoms with Crippen LogP contribution in [0.25, 0.3) is 11.0 Å². The molecule has 1 N–H and O–H groups in total. The van der Waals surface area contributed by atoms with Crippen LogP contribution < -0.4 is 5.32 Å². The molecular weight excluding hydrogens is 397 g/mol. The minimum absolute atomic E-state index is 0.202. The molecule has 0 aliphatic carbocycles. The molecule has 26 heavy (non-hydrogen) atoms. The molecule has 134 valence electrons. The number of hydrogen-bond acceptors (Lipinski definition) is 2. The predicted octanol–water partition coefficient (Wildman–Crippen LogP) is 4.45. The highest BCUT2D eigenvalue weighted by atomic mass is 79.9. The lowest BCUT2D eigenvalue weighted by atomic mass is 10.2. The number of hydrogen-bond donors (Lipinski definition) is 1. The van der Waals surface area contributed by atoms with E-state index in [0.717, 1.165) is 34.2 Å². The average Bonchev–Trinajstić information content (AvgIpc) is 2.96. The van der Waals surface area contributed by atoms with Gasteiger partial charge in [0.25, 0.3) is 5.91 Å². The van der Waals surface area contributed by atoms with Crippen molar-refractivity contribution < 1.29 is 9.18 Å². The van der Waals surface area contributed by atoms with E-state index in [0.29, 0.717) is 18.7 Å². The summed E-state index contributed by atoms with van der Waals surface area (Å²) in [4.78, 5) is 16.7. The number of nitrogens with zero attached hydrogens (tertiary/aromatic N) is 2. The quantitative estimate of drug-likeness (QED) is 0.579. The number of carbonyl (C=O) groups excluding carboxylic acids is 1. The Morgan fingerprint density at radius 1 is 1.19 bits per heavy atom. The minimum Gasteiger partial charge on any atom is -0.352 e. The van der Waals surface area contributed by atoms with Gasteiger partial charge in [-0.2, -0.15) is 0 Å². The van der Waals surface area contributed by atoms with Gasteiger partial charge in [-0.3, -0.25) is 4.79 Å². The first-order valence-corrected chi connectivity index (χ1v) is 9.15. The van der Waals surface area contributed by atoms with Gasteiger partial charge in [0, 0.05) is 23.0 Å². The lowest BCUT2D eigenvalue weighted by Crippen LogP contribution is -2.25. The Hall–Kier alpha value is -2.47. The zero-order valence-electron chi connectivity index (χ0n) is 14.2. The molecular formula is C20H19BrFN3O. The summed E-state index contributed by atoms with van der Waals surface area (Å²) in [6.07, 6.45) is 1.49. The van der Waals surface area contributed by atoms with E-state index in [1.54, 1.807) is 0 Å². The Bertz CT molecular complexity index is 934. The highest BCUT2D eigenvalue weighted by Crippen LogP contribution is 2.19. The monoisotopic (exact) mass is 415 g/mol. The normalized spacial score (nSPS) is 10.8. The molecule has 0 unspecified atom stereocenters. The van der Waals surface area contributed by atoms with Crippen molar-refractivity contribution in [2.75, 3.05) is 6.54 Å². The third kappa shape index (κ3) is 4.38. The van der Waals surface area contributed by atoms with Crippen LogP contribution >= 0.6 is 15.9 Å². The highest BCUT2D eigenvalue weighted by molar-refractivity contribution is 9.11. The van der Waals surface area contributed by atoms with E-state index in [4.69, 9.17) is 4.98 Å². The van der Waals surface area contributed by atoms with Gasteiger partial charge in [-0.25, -0.2) is 9.37 Å². The fourth-order valence-electron chi connectivity index (χ4n) is 2.82. The second-order valence-corrected chi connectivity index (χ2v) is 7.11. The number of fused-ring (bicyclic) bond motifs is 1. The van der Waals surface area contributed by atoms with Crippen molar-refractivity contribution in [3.05, 3.63) is 76.8 Å². The van der Waals surface area contributed by atoms with Crippen LogP contribution in [-0.4, -0.2) is 22.0 Å². The third-order valence-corrected chi connectivity index (χ3v) is 4.28.